The van der Waals surface area contributed by atoms with Crippen molar-refractivity contribution in [3.05, 3.63) is 107 Å². The first-order valence-electron chi connectivity index (χ1n) is 14.5. The smallest absolute Gasteiger partial charge is 0.325 e. The lowest BCUT2D eigenvalue weighted by Gasteiger charge is -2.27. The molecular formula is C32H30F3N7. The average molecular weight is 570 g/mol. The number of alkyl halides is 3. The van der Waals surface area contributed by atoms with Crippen molar-refractivity contribution in [1.82, 2.24) is 20.1 Å². The molecule has 0 spiro atoms. The monoisotopic (exact) mass is 569 g/mol. The minimum Gasteiger partial charge on any atom is -0.325 e. The summed E-state index contributed by atoms with van der Waals surface area (Å²) in [5.41, 5.74) is 2.15. The highest BCUT2D eigenvalue weighted by Crippen LogP contribution is 2.36. The molecule has 2 N–H and O–H groups in total. The number of nitriles is 1. The van der Waals surface area contributed by atoms with Gasteiger partial charge in [-0.3, -0.25) is 10.4 Å². The highest BCUT2D eigenvalue weighted by molar-refractivity contribution is 6.07. The van der Waals surface area contributed by atoms with Crippen LogP contribution in [0.5, 0.6) is 0 Å². The topological polar surface area (TPSA) is 93.6 Å². The Kier molecular flexibility index (Phi) is 7.18. The van der Waals surface area contributed by atoms with Crippen molar-refractivity contribution in [2.45, 2.75) is 37.9 Å². The van der Waals surface area contributed by atoms with Crippen molar-refractivity contribution in [3.63, 3.8) is 0 Å². The minimum absolute atomic E-state index is 0.0131. The van der Waals surface area contributed by atoms with Crippen LogP contribution in [0.4, 0.5) is 18.9 Å². The first-order valence-corrected chi connectivity index (χ1v) is 14.0. The molecule has 0 amide bonds. The number of pyridine rings is 1. The average Bonchev–Trinajstić information content (AvgIpc) is 3.96. The Morgan fingerprint density at radius 2 is 1.86 bits per heavy atom. The highest BCUT2D eigenvalue weighted by atomic mass is 19.4. The summed E-state index contributed by atoms with van der Waals surface area (Å²) < 4.78 is 51.2. The van der Waals surface area contributed by atoms with Gasteiger partial charge in [-0.15, -0.1) is 0 Å². The Hall–Kier alpha value is -4.49. The van der Waals surface area contributed by atoms with E-state index in [0.717, 1.165) is 41.3 Å². The summed E-state index contributed by atoms with van der Waals surface area (Å²) in [5, 5.41) is 20.8. The lowest BCUT2D eigenvalue weighted by molar-refractivity contribution is -0.141. The number of benzene rings is 2. The number of hydrogen-bond acceptors (Lipinski definition) is 5. The summed E-state index contributed by atoms with van der Waals surface area (Å²) in [6.07, 6.45) is 3.23. The van der Waals surface area contributed by atoms with Gasteiger partial charge in [0.15, 0.2) is 12.9 Å². The molecule has 4 aromatic rings. The first kappa shape index (κ1) is 26.4. The number of anilines is 1. The molecule has 7 nitrogen and oxygen atoms in total. The number of hydrogen-bond donors (Lipinski definition) is 2. The molecule has 6 rings (SSSR count). The van der Waals surface area contributed by atoms with Crippen LogP contribution in [0.25, 0.3) is 5.69 Å². The first-order chi connectivity index (χ1) is 20.8. The summed E-state index contributed by atoms with van der Waals surface area (Å²) in [4.78, 5) is 6.13. The number of halogens is 3. The molecule has 2 aliphatic carbocycles. The van der Waals surface area contributed by atoms with Gasteiger partial charge in [0.2, 0.25) is 0 Å². The molecule has 1 atom stereocenters. The van der Waals surface area contributed by atoms with E-state index in [1.165, 1.54) is 18.9 Å². The summed E-state index contributed by atoms with van der Waals surface area (Å²) in [5.74, 6) is 1.01. The van der Waals surface area contributed by atoms with E-state index in [-0.39, 0.29) is 28.8 Å². The molecule has 2 fully saturated rings. The van der Waals surface area contributed by atoms with Gasteiger partial charge in [0.25, 0.3) is 0 Å². The van der Waals surface area contributed by atoms with Gasteiger partial charge in [-0.05, 0) is 91.6 Å². The zero-order valence-electron chi connectivity index (χ0n) is 23.8. The molecule has 2 heterocycles. The maximum atomic E-state index is 14.0. The van der Waals surface area contributed by atoms with Crippen molar-refractivity contribution in [2.24, 2.45) is 11.8 Å². The molecule has 2 aliphatic rings. The number of nitrogens with one attached hydrogen (secondary N) is 2. The van der Waals surface area contributed by atoms with Gasteiger partial charge in [0.1, 0.15) is 5.69 Å². The van der Waals surface area contributed by atoms with E-state index >= 15 is 0 Å². The molecule has 2 aromatic carbocycles. The van der Waals surface area contributed by atoms with Gasteiger partial charge < -0.3 is 10.2 Å². The molecule has 42 heavy (non-hydrogen) atoms. The van der Waals surface area contributed by atoms with Crippen LogP contribution in [-0.2, 0) is 6.18 Å². The van der Waals surface area contributed by atoms with E-state index < -0.39 is 11.9 Å². The lowest BCUT2D eigenvalue weighted by Crippen LogP contribution is -2.34. The van der Waals surface area contributed by atoms with E-state index in [0.29, 0.717) is 24.1 Å². The third-order valence-electron chi connectivity index (χ3n) is 7.68. The van der Waals surface area contributed by atoms with Crippen LogP contribution in [0.1, 0.15) is 59.8 Å². The lowest BCUT2D eigenvalue weighted by atomic mass is 9.99. The predicted octanol–water partition coefficient (Wildman–Crippen LogP) is 6.49. The number of rotatable bonds is 10. The molecule has 10 heteroatoms. The van der Waals surface area contributed by atoms with E-state index in [2.05, 4.69) is 20.8 Å². The van der Waals surface area contributed by atoms with Crippen LogP contribution < -0.4 is 10.2 Å². The zero-order valence-corrected chi connectivity index (χ0v) is 22.8. The summed E-state index contributed by atoms with van der Waals surface area (Å²) in [7, 11) is 0. The van der Waals surface area contributed by atoms with Crippen LogP contribution in [0, 0.1) is 28.6 Å². The highest BCUT2D eigenvalue weighted by Gasteiger charge is 2.37. The van der Waals surface area contributed by atoms with Crippen molar-refractivity contribution >= 4 is 11.5 Å². The van der Waals surface area contributed by atoms with Crippen molar-refractivity contribution in [3.8, 4) is 11.8 Å². The molecule has 2 aromatic heterocycles. The number of amidine groups is 1. The summed E-state index contributed by atoms with van der Waals surface area (Å²) >= 11 is 0. The molecule has 1 unspecified atom stereocenters. The molecule has 0 aliphatic heterocycles. The Labute approximate surface area is 243 Å². The van der Waals surface area contributed by atoms with Gasteiger partial charge in [-0.25, -0.2) is 4.68 Å². The molecule has 2 saturated carbocycles. The van der Waals surface area contributed by atoms with Gasteiger partial charge in [-0.2, -0.15) is 23.5 Å². The van der Waals surface area contributed by atoms with Crippen molar-refractivity contribution < 1.29 is 14.6 Å². The largest absolute Gasteiger partial charge is 0.435 e. The fraction of sp³-hybridized carbons (Fsp3) is 0.312. The van der Waals surface area contributed by atoms with Crippen LogP contribution in [-0.4, -0.2) is 33.7 Å². The third kappa shape index (κ3) is 6.21. The Bertz CT molecular complexity index is 1650. The Morgan fingerprint density at radius 3 is 2.55 bits per heavy atom. The van der Waals surface area contributed by atoms with Gasteiger partial charge in [-0.1, -0.05) is 24.3 Å². The molecule has 0 saturated heterocycles. The van der Waals surface area contributed by atoms with Gasteiger partial charge in [0.05, 0.1) is 23.4 Å². The van der Waals surface area contributed by atoms with Crippen LogP contribution in [0.3, 0.4) is 0 Å². The second kappa shape index (κ2) is 11.4. The van der Waals surface area contributed by atoms with Crippen molar-refractivity contribution in [1.29, 1.82) is 10.7 Å². The second-order valence-corrected chi connectivity index (χ2v) is 11.0. The number of aromatic nitrogens is 3. The van der Waals surface area contributed by atoms with Crippen LogP contribution in [0.15, 0.2) is 79.1 Å². The predicted molar refractivity (Wildman–Crippen MR) is 153 cm³/mol. The van der Waals surface area contributed by atoms with E-state index in [4.69, 9.17) is 1.41 Å². The van der Waals surface area contributed by atoms with Gasteiger partial charge in [0, 0.05) is 30.7 Å². The molecular weight excluding hydrogens is 539 g/mol. The SMILES string of the molecule is [H]/N=C(/c1cc(C(F)(F)F)nn1-c1cccc(C#N)c1)N(CC1CC1)c1cccc(C(NCC2CC2)c2cccnc2)c1. The van der Waals surface area contributed by atoms with Gasteiger partial charge >= 0.3 is 6.18 Å². The Balaban J connectivity index is 1.43. The van der Waals surface area contributed by atoms with E-state index in [1.54, 1.807) is 24.4 Å². The van der Waals surface area contributed by atoms with Crippen molar-refractivity contribution in [2.75, 3.05) is 18.0 Å². The van der Waals surface area contributed by atoms with Crippen LogP contribution >= 0.6 is 0 Å². The summed E-state index contributed by atoms with van der Waals surface area (Å²) in [6.45, 7) is 1.36. The maximum Gasteiger partial charge on any atom is 0.435 e. The minimum atomic E-state index is -4.72. The standard InChI is InChI=1S/C32H30F3N7/c33-32(34,35)29-16-28(42(40-29)27-8-1-4-23(14-27)17-36)31(37)41(20-22-11-12-22)26-7-2-5-24(15-26)30(39-18-21-9-10-21)25-6-3-13-38-19-25/h1-8,13-16,19,21-22,30,37,39H,9-12,18,20H2/b37-31-. The van der Waals surface area contributed by atoms with Crippen LogP contribution in [0.2, 0.25) is 1.41 Å². The number of nitrogens with zero attached hydrogens (tertiary/aromatic N) is 5. The molecule has 0 radical (unpaired) electrons. The molecule has 0 bridgehead atoms. The fourth-order valence-corrected chi connectivity index (χ4v) is 5.05. The third-order valence-corrected chi connectivity index (χ3v) is 7.68. The maximum absolute atomic E-state index is 14.0. The quantitative estimate of drug-likeness (QED) is 0.168. The Morgan fingerprint density at radius 1 is 1.07 bits per heavy atom. The molecule has 214 valence electrons. The zero-order chi connectivity index (χ0) is 30.0. The fourth-order valence-electron chi connectivity index (χ4n) is 5.05. The normalized spacial score (nSPS) is 16.5. The summed E-state index contributed by atoms with van der Waals surface area (Å²) in [6, 6.07) is 20.8. The second-order valence-electron chi connectivity index (χ2n) is 11.0. The van der Waals surface area contributed by atoms with E-state index in [1.807, 2.05) is 53.6 Å². The van der Waals surface area contributed by atoms with E-state index in [9.17, 15) is 18.4 Å².